The van der Waals surface area contributed by atoms with Crippen LogP contribution in [-0.4, -0.2) is 30.4 Å². The number of rotatable bonds is 5. The molecule has 1 N–H and O–H groups in total. The molecule has 1 amide bonds. The maximum Gasteiger partial charge on any atom is 0.225 e. The van der Waals surface area contributed by atoms with E-state index in [2.05, 4.69) is 35.3 Å². The number of para-hydroxylation sites is 1. The van der Waals surface area contributed by atoms with Crippen molar-refractivity contribution in [2.24, 2.45) is 5.92 Å². The van der Waals surface area contributed by atoms with Gasteiger partial charge < -0.3 is 10.2 Å². The number of nitrogens with one attached hydrogen (secondary N) is 1. The number of amides is 1. The van der Waals surface area contributed by atoms with Gasteiger partial charge in [0.2, 0.25) is 5.91 Å². The molecule has 2 aromatic carbocycles. The second kappa shape index (κ2) is 8.11. The highest BCUT2D eigenvalue weighted by atomic mass is 16.1. The molecule has 1 saturated heterocycles. The Balaban J connectivity index is 1.59. The zero-order valence-corrected chi connectivity index (χ0v) is 14.4. The van der Waals surface area contributed by atoms with E-state index in [1.54, 1.807) is 0 Å². The number of carbonyl (C=O) groups excluding carboxylic acids is 1. The van der Waals surface area contributed by atoms with Gasteiger partial charge in [-0.15, -0.1) is 0 Å². The summed E-state index contributed by atoms with van der Waals surface area (Å²) in [5.41, 5.74) is 3.08. The Hall–Kier alpha value is -2.13. The van der Waals surface area contributed by atoms with E-state index in [9.17, 15) is 4.79 Å². The van der Waals surface area contributed by atoms with Gasteiger partial charge in [0.25, 0.3) is 0 Å². The smallest absolute Gasteiger partial charge is 0.225 e. The van der Waals surface area contributed by atoms with Crippen LogP contribution in [0.3, 0.4) is 0 Å². The second-order valence-electron chi connectivity index (χ2n) is 6.73. The van der Waals surface area contributed by atoms with Crippen molar-refractivity contribution in [2.75, 3.05) is 25.0 Å². The molecule has 0 spiro atoms. The lowest BCUT2D eigenvalue weighted by Crippen LogP contribution is -2.35. The van der Waals surface area contributed by atoms with Crippen LogP contribution in [0.1, 0.15) is 26.2 Å². The first-order valence-electron chi connectivity index (χ1n) is 8.89. The van der Waals surface area contributed by atoms with Gasteiger partial charge in [0.1, 0.15) is 0 Å². The van der Waals surface area contributed by atoms with Crippen LogP contribution >= 0.6 is 0 Å². The first kappa shape index (κ1) is 16.7. The lowest BCUT2D eigenvalue weighted by Gasteiger charge is -2.29. The third-order valence-electron chi connectivity index (χ3n) is 4.82. The summed E-state index contributed by atoms with van der Waals surface area (Å²) >= 11 is 0. The summed E-state index contributed by atoms with van der Waals surface area (Å²) in [5, 5.41) is 3.09. The number of nitrogens with zero attached hydrogens (tertiary/aromatic N) is 1. The third-order valence-corrected chi connectivity index (χ3v) is 4.82. The molecular formula is C21H26N2O. The zero-order chi connectivity index (χ0) is 16.8. The Bertz CT molecular complexity index is 661. The minimum atomic E-state index is 0.0944. The predicted molar refractivity (Wildman–Crippen MR) is 100.0 cm³/mol. The van der Waals surface area contributed by atoms with Gasteiger partial charge in [0, 0.05) is 24.2 Å². The van der Waals surface area contributed by atoms with E-state index < -0.39 is 0 Å². The summed E-state index contributed by atoms with van der Waals surface area (Å²) in [6.45, 7) is 5.40. The van der Waals surface area contributed by atoms with Crippen molar-refractivity contribution in [3.8, 4) is 11.1 Å². The molecule has 0 unspecified atom stereocenters. The van der Waals surface area contributed by atoms with Gasteiger partial charge in [-0.3, -0.25) is 4.79 Å². The minimum absolute atomic E-state index is 0.0944. The highest BCUT2D eigenvalue weighted by molar-refractivity contribution is 5.95. The van der Waals surface area contributed by atoms with E-state index in [1.165, 1.54) is 12.8 Å². The molecule has 1 fully saturated rings. The standard InChI is InChI=1S/C21H26N2O/c1-17-11-14-23(15-12-17)16-13-21(24)22-20-10-6-5-9-19(20)18-7-3-2-4-8-18/h2-10,17H,11-16H2,1H3,(H,22,24). The zero-order valence-electron chi connectivity index (χ0n) is 14.4. The maximum atomic E-state index is 12.4. The summed E-state index contributed by atoms with van der Waals surface area (Å²) in [6, 6.07) is 18.2. The molecule has 3 nitrogen and oxygen atoms in total. The number of hydrogen-bond acceptors (Lipinski definition) is 2. The summed E-state index contributed by atoms with van der Waals surface area (Å²) in [7, 11) is 0. The van der Waals surface area contributed by atoms with Crippen LogP contribution in [0, 0.1) is 5.92 Å². The largest absolute Gasteiger partial charge is 0.325 e. The fraction of sp³-hybridized carbons (Fsp3) is 0.381. The van der Waals surface area contributed by atoms with Gasteiger partial charge in [-0.2, -0.15) is 0 Å². The molecule has 2 aromatic rings. The summed E-state index contributed by atoms with van der Waals surface area (Å²) in [6.07, 6.45) is 3.05. The Morgan fingerprint density at radius 3 is 2.46 bits per heavy atom. The molecule has 1 heterocycles. The topological polar surface area (TPSA) is 32.3 Å². The Labute approximate surface area is 144 Å². The quantitative estimate of drug-likeness (QED) is 0.884. The number of anilines is 1. The fourth-order valence-electron chi connectivity index (χ4n) is 3.22. The van der Waals surface area contributed by atoms with Crippen LogP contribution in [0.4, 0.5) is 5.69 Å². The lowest BCUT2D eigenvalue weighted by atomic mass is 9.99. The maximum absolute atomic E-state index is 12.4. The van der Waals surface area contributed by atoms with Crippen molar-refractivity contribution in [3.05, 3.63) is 54.6 Å². The van der Waals surface area contributed by atoms with Gasteiger partial charge in [0.05, 0.1) is 0 Å². The molecule has 1 aliphatic heterocycles. The Morgan fingerprint density at radius 2 is 1.71 bits per heavy atom. The molecule has 0 aliphatic carbocycles. The average molecular weight is 322 g/mol. The molecule has 3 rings (SSSR count). The molecule has 3 heteroatoms. The first-order valence-corrected chi connectivity index (χ1v) is 8.89. The van der Waals surface area contributed by atoms with E-state index in [-0.39, 0.29) is 5.91 Å². The van der Waals surface area contributed by atoms with Crippen LogP contribution in [0.2, 0.25) is 0 Å². The molecule has 24 heavy (non-hydrogen) atoms. The Morgan fingerprint density at radius 1 is 1.04 bits per heavy atom. The lowest BCUT2D eigenvalue weighted by molar-refractivity contribution is -0.116. The summed E-state index contributed by atoms with van der Waals surface area (Å²) in [4.78, 5) is 14.8. The normalized spacial score (nSPS) is 16.0. The number of likely N-dealkylation sites (tertiary alicyclic amines) is 1. The van der Waals surface area contributed by atoms with Crippen molar-refractivity contribution in [1.29, 1.82) is 0 Å². The number of benzene rings is 2. The fourth-order valence-corrected chi connectivity index (χ4v) is 3.22. The Kier molecular flexibility index (Phi) is 5.65. The molecule has 0 bridgehead atoms. The molecule has 0 atom stereocenters. The van der Waals surface area contributed by atoms with E-state index in [0.717, 1.165) is 42.4 Å². The van der Waals surface area contributed by atoms with Gasteiger partial charge in [-0.25, -0.2) is 0 Å². The average Bonchev–Trinajstić information content (AvgIpc) is 2.62. The minimum Gasteiger partial charge on any atom is -0.325 e. The first-order chi connectivity index (χ1) is 11.7. The summed E-state index contributed by atoms with van der Waals surface area (Å²) in [5.74, 6) is 0.921. The summed E-state index contributed by atoms with van der Waals surface area (Å²) < 4.78 is 0. The van der Waals surface area contributed by atoms with Crippen LogP contribution in [-0.2, 0) is 4.79 Å². The van der Waals surface area contributed by atoms with E-state index in [1.807, 2.05) is 36.4 Å². The number of carbonyl (C=O) groups is 1. The van der Waals surface area contributed by atoms with Crippen molar-refractivity contribution >= 4 is 11.6 Å². The number of hydrogen-bond donors (Lipinski definition) is 1. The third kappa shape index (κ3) is 4.45. The van der Waals surface area contributed by atoms with Gasteiger partial charge in [-0.1, -0.05) is 55.5 Å². The van der Waals surface area contributed by atoms with Crippen LogP contribution in [0.5, 0.6) is 0 Å². The van der Waals surface area contributed by atoms with Crippen LogP contribution in [0.15, 0.2) is 54.6 Å². The van der Waals surface area contributed by atoms with E-state index >= 15 is 0 Å². The SMILES string of the molecule is CC1CCN(CCC(=O)Nc2ccccc2-c2ccccc2)CC1. The highest BCUT2D eigenvalue weighted by Crippen LogP contribution is 2.27. The highest BCUT2D eigenvalue weighted by Gasteiger charge is 2.16. The molecule has 1 aliphatic rings. The van der Waals surface area contributed by atoms with Gasteiger partial charge >= 0.3 is 0 Å². The van der Waals surface area contributed by atoms with E-state index in [4.69, 9.17) is 0 Å². The van der Waals surface area contributed by atoms with Crippen molar-refractivity contribution < 1.29 is 4.79 Å². The van der Waals surface area contributed by atoms with Crippen LogP contribution < -0.4 is 5.32 Å². The van der Waals surface area contributed by atoms with Crippen molar-refractivity contribution in [3.63, 3.8) is 0 Å². The van der Waals surface area contributed by atoms with E-state index in [0.29, 0.717) is 6.42 Å². The van der Waals surface area contributed by atoms with Gasteiger partial charge in [-0.05, 0) is 43.5 Å². The molecule has 126 valence electrons. The number of piperidine rings is 1. The van der Waals surface area contributed by atoms with Crippen molar-refractivity contribution in [2.45, 2.75) is 26.2 Å². The predicted octanol–water partition coefficient (Wildman–Crippen LogP) is 4.41. The monoisotopic (exact) mass is 322 g/mol. The van der Waals surface area contributed by atoms with Gasteiger partial charge in [0.15, 0.2) is 0 Å². The molecule has 0 saturated carbocycles. The molecule has 0 aromatic heterocycles. The van der Waals surface area contributed by atoms with Crippen LogP contribution in [0.25, 0.3) is 11.1 Å². The molecule has 0 radical (unpaired) electrons. The molecular weight excluding hydrogens is 296 g/mol. The second-order valence-corrected chi connectivity index (χ2v) is 6.73. The van der Waals surface area contributed by atoms with Crippen molar-refractivity contribution in [1.82, 2.24) is 4.90 Å².